The second kappa shape index (κ2) is 14.6. The smallest absolute Gasteiger partial charge is 0.411 e. The number of nitrogens with zero attached hydrogens (tertiary/aromatic N) is 2. The van der Waals surface area contributed by atoms with Gasteiger partial charge in [0, 0.05) is 61.9 Å². The summed E-state index contributed by atoms with van der Waals surface area (Å²) in [6, 6.07) is 24.4. The number of para-hydroxylation sites is 1. The highest BCUT2D eigenvalue weighted by Crippen LogP contribution is 2.28. The summed E-state index contributed by atoms with van der Waals surface area (Å²) in [6.45, 7) is 3.34. The van der Waals surface area contributed by atoms with E-state index in [0.717, 1.165) is 43.3 Å². The molecule has 2 heterocycles. The first-order valence-corrected chi connectivity index (χ1v) is 15.0. The number of piperidine rings is 2. The van der Waals surface area contributed by atoms with E-state index in [0.29, 0.717) is 55.8 Å². The van der Waals surface area contributed by atoms with Crippen LogP contribution in [0.4, 0.5) is 16.2 Å². The SMILES string of the molecule is O=Cc1ccc(NC(=O)C2CCN(C(=O)CCN3CCC(OC(=O)Nc4ccccc4-c4ccccc4)CC3)CC2)cc1. The van der Waals surface area contributed by atoms with Gasteiger partial charge in [0.25, 0.3) is 0 Å². The normalized spacial score (nSPS) is 16.3. The molecule has 3 amide bonds. The molecule has 2 aliphatic heterocycles. The molecule has 0 aliphatic carbocycles. The lowest BCUT2D eigenvalue weighted by Crippen LogP contribution is -2.43. The molecule has 3 aromatic rings. The van der Waals surface area contributed by atoms with Gasteiger partial charge in [-0.3, -0.25) is 19.7 Å². The van der Waals surface area contributed by atoms with Crippen molar-refractivity contribution in [1.29, 1.82) is 0 Å². The summed E-state index contributed by atoms with van der Waals surface area (Å²) in [5, 5.41) is 5.82. The van der Waals surface area contributed by atoms with Crippen LogP contribution in [0.3, 0.4) is 0 Å². The van der Waals surface area contributed by atoms with Gasteiger partial charge in [-0.05, 0) is 61.6 Å². The Hall–Kier alpha value is -4.50. The molecular formula is C34H38N4O5. The molecule has 0 saturated carbocycles. The van der Waals surface area contributed by atoms with Gasteiger partial charge in [0.05, 0.1) is 5.69 Å². The first-order valence-electron chi connectivity index (χ1n) is 15.0. The summed E-state index contributed by atoms with van der Waals surface area (Å²) in [7, 11) is 0. The van der Waals surface area contributed by atoms with E-state index in [1.165, 1.54) is 0 Å². The monoisotopic (exact) mass is 582 g/mol. The van der Waals surface area contributed by atoms with Crippen LogP contribution in [0.1, 0.15) is 42.5 Å². The second-order valence-electron chi connectivity index (χ2n) is 11.1. The molecule has 5 rings (SSSR count). The Bertz CT molecular complexity index is 1400. The molecule has 0 bridgehead atoms. The maximum Gasteiger partial charge on any atom is 0.411 e. The average molecular weight is 583 g/mol. The standard InChI is InChI=1S/C34H38N4O5/c39-24-25-10-12-28(13-11-25)35-33(41)27-14-22-38(23-15-27)32(40)18-21-37-19-16-29(17-20-37)43-34(42)36-31-9-5-4-8-30(31)26-6-2-1-3-7-26/h1-13,24,27,29H,14-23H2,(H,35,41)(H,36,42). The number of hydrogen-bond acceptors (Lipinski definition) is 6. The maximum absolute atomic E-state index is 12.9. The van der Waals surface area contributed by atoms with E-state index in [4.69, 9.17) is 4.74 Å². The topological polar surface area (TPSA) is 108 Å². The Morgan fingerprint density at radius 3 is 2.16 bits per heavy atom. The van der Waals surface area contributed by atoms with Crippen molar-refractivity contribution in [3.63, 3.8) is 0 Å². The van der Waals surface area contributed by atoms with Gasteiger partial charge in [-0.2, -0.15) is 0 Å². The van der Waals surface area contributed by atoms with Crippen LogP contribution in [0.2, 0.25) is 0 Å². The fourth-order valence-corrected chi connectivity index (χ4v) is 5.70. The summed E-state index contributed by atoms with van der Waals surface area (Å²) in [5.41, 5.74) is 3.90. The number of nitrogens with one attached hydrogen (secondary N) is 2. The highest BCUT2D eigenvalue weighted by Gasteiger charge is 2.28. The molecule has 9 nitrogen and oxygen atoms in total. The molecule has 0 radical (unpaired) electrons. The number of carbonyl (C=O) groups is 4. The number of rotatable bonds is 9. The molecule has 0 spiro atoms. The molecule has 2 saturated heterocycles. The van der Waals surface area contributed by atoms with Gasteiger partial charge >= 0.3 is 6.09 Å². The quantitative estimate of drug-likeness (QED) is 0.325. The second-order valence-corrected chi connectivity index (χ2v) is 11.1. The van der Waals surface area contributed by atoms with Crippen LogP contribution in [0, 0.1) is 5.92 Å². The summed E-state index contributed by atoms with van der Waals surface area (Å²) in [6.07, 6.45) is 3.29. The van der Waals surface area contributed by atoms with Gasteiger partial charge in [0.1, 0.15) is 12.4 Å². The van der Waals surface area contributed by atoms with E-state index >= 15 is 0 Å². The number of anilines is 2. The Labute approximate surface area is 252 Å². The van der Waals surface area contributed by atoms with Crippen molar-refractivity contribution in [3.05, 3.63) is 84.4 Å². The molecule has 0 unspecified atom stereocenters. The van der Waals surface area contributed by atoms with Crippen LogP contribution in [0.5, 0.6) is 0 Å². The Morgan fingerprint density at radius 2 is 1.47 bits per heavy atom. The number of amides is 3. The number of aldehydes is 1. The Morgan fingerprint density at radius 1 is 0.791 bits per heavy atom. The first-order chi connectivity index (χ1) is 21.0. The summed E-state index contributed by atoms with van der Waals surface area (Å²) in [4.78, 5) is 53.1. The van der Waals surface area contributed by atoms with Crippen LogP contribution >= 0.6 is 0 Å². The third-order valence-corrected chi connectivity index (χ3v) is 8.23. The molecule has 9 heteroatoms. The molecular weight excluding hydrogens is 544 g/mol. The number of carbonyl (C=O) groups excluding carboxylic acids is 4. The Kier molecular flexibility index (Phi) is 10.2. The van der Waals surface area contributed by atoms with Crippen molar-refractivity contribution in [2.24, 2.45) is 5.92 Å². The van der Waals surface area contributed by atoms with Crippen molar-refractivity contribution < 1.29 is 23.9 Å². The van der Waals surface area contributed by atoms with Crippen molar-refractivity contribution >= 4 is 35.6 Å². The summed E-state index contributed by atoms with van der Waals surface area (Å²) < 4.78 is 5.73. The van der Waals surface area contributed by atoms with Gasteiger partial charge < -0.3 is 19.9 Å². The third-order valence-electron chi connectivity index (χ3n) is 8.23. The first kappa shape index (κ1) is 30.0. The molecule has 3 aromatic carbocycles. The Balaban J connectivity index is 0.989. The van der Waals surface area contributed by atoms with Crippen molar-refractivity contribution in [1.82, 2.24) is 9.80 Å². The van der Waals surface area contributed by atoms with Gasteiger partial charge in [-0.15, -0.1) is 0 Å². The van der Waals surface area contributed by atoms with E-state index in [2.05, 4.69) is 15.5 Å². The highest BCUT2D eigenvalue weighted by atomic mass is 16.6. The lowest BCUT2D eigenvalue weighted by Gasteiger charge is -2.34. The van der Waals surface area contributed by atoms with E-state index in [1.807, 2.05) is 59.5 Å². The highest BCUT2D eigenvalue weighted by molar-refractivity contribution is 5.93. The predicted molar refractivity (Wildman–Crippen MR) is 166 cm³/mol. The predicted octanol–water partition coefficient (Wildman–Crippen LogP) is 5.45. The van der Waals surface area contributed by atoms with Crippen LogP contribution < -0.4 is 10.6 Å². The molecule has 43 heavy (non-hydrogen) atoms. The zero-order valence-electron chi connectivity index (χ0n) is 24.2. The molecule has 0 atom stereocenters. The average Bonchev–Trinajstić information content (AvgIpc) is 3.05. The number of likely N-dealkylation sites (tertiary alicyclic amines) is 2. The minimum atomic E-state index is -0.454. The molecule has 2 aliphatic rings. The van der Waals surface area contributed by atoms with E-state index in [9.17, 15) is 19.2 Å². The van der Waals surface area contributed by atoms with Crippen LogP contribution in [0.15, 0.2) is 78.9 Å². The summed E-state index contributed by atoms with van der Waals surface area (Å²) in [5.74, 6) is -0.0823. The zero-order valence-corrected chi connectivity index (χ0v) is 24.2. The number of benzene rings is 3. The molecule has 224 valence electrons. The van der Waals surface area contributed by atoms with Gasteiger partial charge in [-0.25, -0.2) is 4.79 Å². The van der Waals surface area contributed by atoms with Crippen molar-refractivity contribution in [2.45, 2.75) is 38.2 Å². The van der Waals surface area contributed by atoms with E-state index in [1.54, 1.807) is 24.3 Å². The third kappa shape index (κ3) is 8.29. The zero-order chi connectivity index (χ0) is 30.0. The molecule has 2 fully saturated rings. The maximum atomic E-state index is 12.9. The molecule has 0 aromatic heterocycles. The lowest BCUT2D eigenvalue weighted by molar-refractivity contribution is -0.134. The van der Waals surface area contributed by atoms with Crippen LogP contribution in [-0.2, 0) is 14.3 Å². The fraction of sp³-hybridized carbons (Fsp3) is 0.353. The van der Waals surface area contributed by atoms with Crippen LogP contribution in [-0.4, -0.2) is 72.8 Å². The van der Waals surface area contributed by atoms with E-state index in [-0.39, 0.29) is 23.8 Å². The van der Waals surface area contributed by atoms with Gasteiger partial charge in [0.2, 0.25) is 11.8 Å². The van der Waals surface area contributed by atoms with Gasteiger partial charge in [0.15, 0.2) is 0 Å². The van der Waals surface area contributed by atoms with E-state index < -0.39 is 6.09 Å². The van der Waals surface area contributed by atoms with Crippen molar-refractivity contribution in [3.8, 4) is 11.1 Å². The largest absolute Gasteiger partial charge is 0.446 e. The number of hydrogen-bond donors (Lipinski definition) is 2. The minimum absolute atomic E-state index is 0.0508. The molecule has 2 N–H and O–H groups in total. The lowest BCUT2D eigenvalue weighted by atomic mass is 9.95. The number of ether oxygens (including phenoxy) is 1. The fourth-order valence-electron chi connectivity index (χ4n) is 5.70. The minimum Gasteiger partial charge on any atom is -0.446 e. The van der Waals surface area contributed by atoms with Crippen molar-refractivity contribution in [2.75, 3.05) is 43.4 Å². The summed E-state index contributed by atoms with van der Waals surface area (Å²) >= 11 is 0. The van der Waals surface area contributed by atoms with Gasteiger partial charge in [-0.1, -0.05) is 48.5 Å². The van der Waals surface area contributed by atoms with Crippen LogP contribution in [0.25, 0.3) is 11.1 Å².